The molecular formula is C15H14N2O4. The number of carbonyl (C=O) groups excluding carboxylic acids is 2. The molecule has 1 aromatic carbocycles. The van der Waals surface area contributed by atoms with Crippen molar-refractivity contribution in [2.24, 2.45) is 0 Å². The number of anilines is 2. The molecule has 1 aliphatic rings. The van der Waals surface area contributed by atoms with Crippen LogP contribution in [0.3, 0.4) is 0 Å². The van der Waals surface area contributed by atoms with Gasteiger partial charge in [0.2, 0.25) is 0 Å². The van der Waals surface area contributed by atoms with Gasteiger partial charge < -0.3 is 14.5 Å². The van der Waals surface area contributed by atoms with E-state index in [1.54, 1.807) is 37.3 Å². The number of nitrogens with one attached hydrogen (secondary N) is 1. The van der Waals surface area contributed by atoms with Gasteiger partial charge in [-0.2, -0.15) is 0 Å². The third-order valence-electron chi connectivity index (χ3n) is 3.24. The molecule has 0 radical (unpaired) electrons. The van der Waals surface area contributed by atoms with E-state index >= 15 is 0 Å². The van der Waals surface area contributed by atoms with Crippen LogP contribution in [0.1, 0.15) is 16.1 Å². The summed E-state index contributed by atoms with van der Waals surface area (Å²) < 4.78 is 10.0. The highest BCUT2D eigenvalue weighted by Gasteiger charge is 2.23. The quantitative estimate of drug-likeness (QED) is 0.941. The van der Waals surface area contributed by atoms with Crippen molar-refractivity contribution >= 4 is 23.4 Å². The van der Waals surface area contributed by atoms with Gasteiger partial charge >= 0.3 is 6.09 Å². The van der Waals surface area contributed by atoms with Crippen LogP contribution in [0.5, 0.6) is 0 Å². The van der Waals surface area contributed by atoms with Gasteiger partial charge in [0.25, 0.3) is 5.91 Å². The Bertz CT molecular complexity index is 692. The topological polar surface area (TPSA) is 71.8 Å². The van der Waals surface area contributed by atoms with Gasteiger partial charge in [0, 0.05) is 16.9 Å². The summed E-state index contributed by atoms with van der Waals surface area (Å²) in [5.74, 6) is -0.0420. The number of nitrogens with zero attached hydrogens (tertiary/aromatic N) is 1. The highest BCUT2D eigenvalue weighted by molar-refractivity contribution is 6.03. The van der Waals surface area contributed by atoms with Crippen LogP contribution in [0, 0.1) is 6.92 Å². The molecule has 0 atom stereocenters. The predicted octanol–water partition coefficient (Wildman–Crippen LogP) is 2.80. The second-order valence-corrected chi connectivity index (χ2v) is 4.70. The van der Waals surface area contributed by atoms with E-state index < -0.39 is 0 Å². The molecule has 0 bridgehead atoms. The van der Waals surface area contributed by atoms with E-state index in [-0.39, 0.29) is 17.8 Å². The number of amides is 2. The average molecular weight is 286 g/mol. The van der Waals surface area contributed by atoms with Crippen molar-refractivity contribution in [2.75, 3.05) is 23.4 Å². The Kier molecular flexibility index (Phi) is 3.35. The molecule has 2 heterocycles. The maximum Gasteiger partial charge on any atom is 0.414 e. The maximum atomic E-state index is 12.1. The molecule has 6 nitrogen and oxygen atoms in total. The van der Waals surface area contributed by atoms with E-state index in [9.17, 15) is 9.59 Å². The summed E-state index contributed by atoms with van der Waals surface area (Å²) in [5.41, 5.74) is 2.05. The second kappa shape index (κ2) is 5.32. The summed E-state index contributed by atoms with van der Waals surface area (Å²) in [6.45, 7) is 2.68. The van der Waals surface area contributed by atoms with Crippen molar-refractivity contribution in [1.29, 1.82) is 0 Å². The fourth-order valence-electron chi connectivity index (χ4n) is 2.17. The van der Waals surface area contributed by atoms with Crippen LogP contribution in [-0.2, 0) is 4.74 Å². The Morgan fingerprint density at radius 1 is 1.33 bits per heavy atom. The molecule has 2 aromatic rings. The molecule has 0 spiro atoms. The van der Waals surface area contributed by atoms with Crippen LogP contribution in [0.25, 0.3) is 0 Å². The summed E-state index contributed by atoms with van der Waals surface area (Å²) in [7, 11) is 0. The SMILES string of the molecule is Cc1ccoc1C(=O)Nc1cccc(N2CCOC2=O)c1. The molecule has 0 saturated carbocycles. The number of ether oxygens (including phenoxy) is 1. The molecule has 0 aliphatic carbocycles. The average Bonchev–Trinajstić information content (AvgIpc) is 3.07. The van der Waals surface area contributed by atoms with Crippen LogP contribution in [0.15, 0.2) is 41.0 Å². The fraction of sp³-hybridized carbons (Fsp3) is 0.200. The van der Waals surface area contributed by atoms with Gasteiger partial charge in [-0.1, -0.05) is 6.07 Å². The van der Waals surface area contributed by atoms with Crippen molar-refractivity contribution in [2.45, 2.75) is 6.92 Å². The molecule has 1 saturated heterocycles. The Morgan fingerprint density at radius 3 is 2.86 bits per heavy atom. The van der Waals surface area contributed by atoms with Gasteiger partial charge in [0.05, 0.1) is 12.8 Å². The molecule has 1 N–H and O–H groups in total. The van der Waals surface area contributed by atoms with Crippen molar-refractivity contribution in [3.63, 3.8) is 0 Å². The third kappa shape index (κ3) is 2.60. The van der Waals surface area contributed by atoms with E-state index in [2.05, 4.69) is 5.32 Å². The van der Waals surface area contributed by atoms with Gasteiger partial charge in [-0.05, 0) is 31.2 Å². The first kappa shape index (κ1) is 13.2. The van der Waals surface area contributed by atoms with Crippen LogP contribution in [0.4, 0.5) is 16.2 Å². The zero-order valence-corrected chi connectivity index (χ0v) is 11.5. The Balaban J connectivity index is 1.79. The lowest BCUT2D eigenvalue weighted by Crippen LogP contribution is -2.23. The molecule has 1 fully saturated rings. The lowest BCUT2D eigenvalue weighted by atomic mass is 10.2. The Hall–Kier alpha value is -2.76. The van der Waals surface area contributed by atoms with Crippen molar-refractivity contribution in [1.82, 2.24) is 0 Å². The van der Waals surface area contributed by atoms with Gasteiger partial charge in [-0.25, -0.2) is 4.79 Å². The largest absolute Gasteiger partial charge is 0.459 e. The number of rotatable bonds is 3. The van der Waals surface area contributed by atoms with Crippen LogP contribution >= 0.6 is 0 Å². The second-order valence-electron chi connectivity index (χ2n) is 4.70. The molecule has 2 amide bonds. The number of hydrogen-bond donors (Lipinski definition) is 1. The molecule has 0 unspecified atom stereocenters. The first-order valence-electron chi connectivity index (χ1n) is 6.55. The minimum absolute atomic E-state index is 0.279. The normalized spacial score (nSPS) is 14.1. The van der Waals surface area contributed by atoms with Crippen LogP contribution < -0.4 is 10.2 Å². The predicted molar refractivity (Wildman–Crippen MR) is 76.5 cm³/mol. The summed E-state index contributed by atoms with van der Waals surface area (Å²) in [4.78, 5) is 25.1. The standard InChI is InChI=1S/C15H14N2O4/c1-10-5-7-20-13(10)14(18)16-11-3-2-4-12(9-11)17-6-8-21-15(17)19/h2-5,7,9H,6,8H2,1H3,(H,16,18). The van der Waals surface area contributed by atoms with Crippen molar-refractivity contribution < 1.29 is 18.7 Å². The van der Waals surface area contributed by atoms with Gasteiger partial charge in [0.1, 0.15) is 6.61 Å². The Labute approximate surface area is 121 Å². The molecule has 6 heteroatoms. The first-order chi connectivity index (χ1) is 10.1. The molecule has 1 aromatic heterocycles. The van der Waals surface area contributed by atoms with Gasteiger partial charge in [-0.3, -0.25) is 9.69 Å². The number of benzene rings is 1. The van der Waals surface area contributed by atoms with Crippen molar-refractivity contribution in [3.8, 4) is 0 Å². The zero-order valence-electron chi connectivity index (χ0n) is 11.5. The molecule has 3 rings (SSSR count). The van der Waals surface area contributed by atoms with Crippen LogP contribution in [0.2, 0.25) is 0 Å². The highest BCUT2D eigenvalue weighted by Crippen LogP contribution is 2.23. The number of aryl methyl sites for hydroxylation is 1. The van der Waals surface area contributed by atoms with Gasteiger partial charge in [0.15, 0.2) is 5.76 Å². The van der Waals surface area contributed by atoms with E-state index in [0.29, 0.717) is 24.5 Å². The highest BCUT2D eigenvalue weighted by atomic mass is 16.6. The fourth-order valence-corrected chi connectivity index (χ4v) is 2.17. The number of cyclic esters (lactones) is 1. The minimum atomic E-state index is -0.375. The van der Waals surface area contributed by atoms with Crippen molar-refractivity contribution in [3.05, 3.63) is 47.9 Å². The monoisotopic (exact) mass is 286 g/mol. The molecule has 1 aliphatic heterocycles. The maximum absolute atomic E-state index is 12.1. The molecular weight excluding hydrogens is 272 g/mol. The van der Waals surface area contributed by atoms with Crippen LogP contribution in [-0.4, -0.2) is 25.2 Å². The minimum Gasteiger partial charge on any atom is -0.459 e. The summed E-state index contributed by atoms with van der Waals surface area (Å²) in [6.07, 6.45) is 1.10. The van der Waals surface area contributed by atoms with E-state index in [1.165, 1.54) is 11.2 Å². The van der Waals surface area contributed by atoms with Gasteiger partial charge in [-0.15, -0.1) is 0 Å². The first-order valence-corrected chi connectivity index (χ1v) is 6.55. The van der Waals surface area contributed by atoms with E-state index in [1.807, 2.05) is 0 Å². The third-order valence-corrected chi connectivity index (χ3v) is 3.24. The smallest absolute Gasteiger partial charge is 0.414 e. The zero-order chi connectivity index (χ0) is 14.8. The number of hydrogen-bond acceptors (Lipinski definition) is 4. The summed E-state index contributed by atoms with van der Waals surface area (Å²) in [6, 6.07) is 8.77. The Morgan fingerprint density at radius 2 is 2.19 bits per heavy atom. The lowest BCUT2D eigenvalue weighted by molar-refractivity contribution is 0.0996. The summed E-state index contributed by atoms with van der Waals surface area (Å²) in [5, 5.41) is 2.75. The number of furan rings is 1. The molecule has 21 heavy (non-hydrogen) atoms. The summed E-state index contributed by atoms with van der Waals surface area (Å²) >= 11 is 0. The number of carbonyl (C=O) groups is 2. The lowest BCUT2D eigenvalue weighted by Gasteiger charge is -2.14. The van der Waals surface area contributed by atoms with E-state index in [4.69, 9.17) is 9.15 Å². The van der Waals surface area contributed by atoms with E-state index in [0.717, 1.165) is 5.56 Å². The molecule has 108 valence electrons.